The molecule has 0 bridgehead atoms. The van der Waals surface area contributed by atoms with Crippen LogP contribution >= 0.6 is 11.6 Å². The van der Waals surface area contributed by atoms with Crippen molar-refractivity contribution in [1.82, 2.24) is 15.0 Å². The van der Waals surface area contributed by atoms with Crippen LogP contribution in [0.4, 0.5) is 0 Å². The maximum atomic E-state index is 13.0. The number of carbonyl (C=O) groups excluding carboxylic acids is 1. The first kappa shape index (κ1) is 21.7. The summed E-state index contributed by atoms with van der Waals surface area (Å²) in [5, 5.41) is 6.62. The van der Waals surface area contributed by atoms with Crippen molar-refractivity contribution in [3.05, 3.63) is 95.1 Å². The normalized spacial score (nSPS) is 11.4. The van der Waals surface area contributed by atoms with Crippen molar-refractivity contribution in [2.24, 2.45) is 12.1 Å². The molecule has 2 aromatic heterocycles. The molecule has 0 aliphatic carbocycles. The molecule has 3 aromatic carbocycles. The molecule has 0 fully saturated rings. The Morgan fingerprint density at radius 2 is 1.76 bits per heavy atom. The summed E-state index contributed by atoms with van der Waals surface area (Å²) in [7, 11) is 3.64. The summed E-state index contributed by atoms with van der Waals surface area (Å²) in [4.78, 5) is 17.8. The van der Waals surface area contributed by atoms with Crippen molar-refractivity contribution in [3.63, 3.8) is 0 Å². The van der Waals surface area contributed by atoms with Crippen LogP contribution in [0.15, 0.2) is 84.0 Å². The lowest BCUT2D eigenvalue weighted by atomic mass is 10.1. The molecule has 0 saturated carbocycles. The van der Waals surface area contributed by atoms with Crippen LogP contribution in [0.1, 0.15) is 16.1 Å². The van der Waals surface area contributed by atoms with Gasteiger partial charge in [-0.25, -0.2) is 10.4 Å². The fourth-order valence-electron chi connectivity index (χ4n) is 4.06. The number of nitrogens with zero attached hydrogens (tertiary/aromatic N) is 3. The highest BCUT2D eigenvalue weighted by molar-refractivity contribution is 6.33. The molecular weight excluding hydrogens is 448 g/mol. The van der Waals surface area contributed by atoms with Gasteiger partial charge in [-0.15, -0.1) is 0 Å². The number of rotatable bonds is 5. The SMILES string of the molecule is COc1ccc(-c2nc(C(=O)N/N=C/c3ccccc3Cl)cc3c4ccccc4n(C)c23)cc1. The van der Waals surface area contributed by atoms with Crippen LogP contribution < -0.4 is 10.2 Å². The average Bonchev–Trinajstić information content (AvgIpc) is 3.17. The molecule has 2 heterocycles. The molecule has 0 saturated heterocycles. The predicted octanol–water partition coefficient (Wildman–Crippen LogP) is 5.82. The lowest BCUT2D eigenvalue weighted by Crippen LogP contribution is -2.19. The van der Waals surface area contributed by atoms with Gasteiger partial charge in [0.15, 0.2) is 0 Å². The molecule has 0 aliphatic rings. The van der Waals surface area contributed by atoms with E-state index in [-0.39, 0.29) is 5.69 Å². The minimum atomic E-state index is -0.409. The van der Waals surface area contributed by atoms with Crippen LogP contribution in [-0.4, -0.2) is 28.8 Å². The Bertz CT molecular complexity index is 1560. The number of carbonyl (C=O) groups is 1. The third-order valence-corrected chi connectivity index (χ3v) is 6.10. The lowest BCUT2D eigenvalue weighted by Gasteiger charge is -2.09. The number of amides is 1. The van der Waals surface area contributed by atoms with Gasteiger partial charge in [-0.1, -0.05) is 48.0 Å². The third kappa shape index (κ3) is 3.89. The van der Waals surface area contributed by atoms with Gasteiger partial charge >= 0.3 is 0 Å². The summed E-state index contributed by atoms with van der Waals surface area (Å²) in [5.74, 6) is 0.341. The fraction of sp³-hybridized carbons (Fsp3) is 0.0741. The highest BCUT2D eigenvalue weighted by Crippen LogP contribution is 2.35. The number of ether oxygens (including phenoxy) is 1. The standard InChI is InChI=1S/C27H21ClN4O2/c1-32-24-10-6-4-8-20(24)21-15-23(27(33)31-29-16-18-7-3-5-9-22(18)28)30-25(26(21)32)17-11-13-19(34-2)14-12-17/h3-16H,1-2H3,(H,31,33)/b29-16+. The Kier molecular flexibility index (Phi) is 5.74. The highest BCUT2D eigenvalue weighted by atomic mass is 35.5. The number of para-hydroxylation sites is 1. The van der Waals surface area contributed by atoms with Crippen molar-refractivity contribution in [3.8, 4) is 17.0 Å². The van der Waals surface area contributed by atoms with E-state index in [0.29, 0.717) is 16.3 Å². The quantitative estimate of drug-likeness (QED) is 0.261. The first-order valence-electron chi connectivity index (χ1n) is 10.7. The summed E-state index contributed by atoms with van der Waals surface area (Å²) >= 11 is 6.16. The smallest absolute Gasteiger partial charge is 0.289 e. The van der Waals surface area contributed by atoms with E-state index in [9.17, 15) is 4.79 Å². The number of hydrogen-bond acceptors (Lipinski definition) is 4. The van der Waals surface area contributed by atoms with Gasteiger partial charge in [0, 0.05) is 39.5 Å². The van der Waals surface area contributed by atoms with Gasteiger partial charge in [-0.2, -0.15) is 5.10 Å². The number of aryl methyl sites for hydroxylation is 1. The van der Waals surface area contributed by atoms with Gasteiger partial charge in [0.1, 0.15) is 11.4 Å². The summed E-state index contributed by atoms with van der Waals surface area (Å²) in [6.07, 6.45) is 1.51. The predicted molar refractivity (Wildman–Crippen MR) is 137 cm³/mol. The third-order valence-electron chi connectivity index (χ3n) is 5.75. The Hall–Kier alpha value is -4.16. The Morgan fingerprint density at radius 1 is 1.03 bits per heavy atom. The number of pyridine rings is 1. The van der Waals surface area contributed by atoms with Crippen molar-refractivity contribution >= 4 is 45.5 Å². The number of halogens is 1. The highest BCUT2D eigenvalue weighted by Gasteiger charge is 2.19. The van der Waals surface area contributed by atoms with Crippen LogP contribution in [0, 0.1) is 0 Å². The van der Waals surface area contributed by atoms with E-state index in [0.717, 1.165) is 33.1 Å². The summed E-state index contributed by atoms with van der Waals surface area (Å²) in [5.41, 5.74) is 7.15. The first-order valence-corrected chi connectivity index (χ1v) is 11.0. The van der Waals surface area contributed by atoms with Crippen molar-refractivity contribution in [1.29, 1.82) is 0 Å². The van der Waals surface area contributed by atoms with Crippen LogP contribution in [0.5, 0.6) is 5.75 Å². The maximum Gasteiger partial charge on any atom is 0.289 e. The van der Waals surface area contributed by atoms with Crippen LogP contribution in [0.2, 0.25) is 5.02 Å². The van der Waals surface area contributed by atoms with E-state index in [1.807, 2.05) is 73.8 Å². The van der Waals surface area contributed by atoms with Gasteiger partial charge in [0.25, 0.3) is 5.91 Å². The first-order chi connectivity index (χ1) is 16.6. The van der Waals surface area contributed by atoms with Crippen LogP contribution in [-0.2, 0) is 7.05 Å². The van der Waals surface area contributed by atoms with Crippen molar-refractivity contribution in [2.45, 2.75) is 0 Å². The van der Waals surface area contributed by atoms with Crippen LogP contribution in [0.3, 0.4) is 0 Å². The molecular formula is C27H21ClN4O2. The molecule has 0 unspecified atom stereocenters. The summed E-state index contributed by atoms with van der Waals surface area (Å²) in [6.45, 7) is 0. The summed E-state index contributed by atoms with van der Waals surface area (Å²) < 4.78 is 7.41. The second kappa shape index (κ2) is 9.00. The van der Waals surface area contributed by atoms with Gasteiger partial charge in [-0.05, 0) is 42.5 Å². The molecule has 5 rings (SSSR count). The van der Waals surface area contributed by atoms with Gasteiger partial charge < -0.3 is 9.30 Å². The van der Waals surface area contributed by atoms with Crippen molar-refractivity contribution < 1.29 is 9.53 Å². The van der Waals surface area contributed by atoms with Gasteiger partial charge in [-0.3, -0.25) is 4.79 Å². The number of aromatic nitrogens is 2. The van der Waals surface area contributed by atoms with E-state index < -0.39 is 5.91 Å². The number of hydrogen-bond donors (Lipinski definition) is 1. The molecule has 0 atom stereocenters. The zero-order valence-corrected chi connectivity index (χ0v) is 19.4. The molecule has 5 aromatic rings. The molecule has 6 nitrogen and oxygen atoms in total. The van der Waals surface area contributed by atoms with Gasteiger partial charge in [0.2, 0.25) is 0 Å². The van der Waals surface area contributed by atoms with E-state index in [2.05, 4.69) is 21.2 Å². The van der Waals surface area contributed by atoms with E-state index in [1.54, 1.807) is 13.2 Å². The zero-order valence-electron chi connectivity index (χ0n) is 18.6. The fourth-order valence-corrected chi connectivity index (χ4v) is 4.25. The maximum absolute atomic E-state index is 13.0. The monoisotopic (exact) mass is 468 g/mol. The number of hydrazone groups is 1. The number of nitrogens with one attached hydrogen (secondary N) is 1. The number of methoxy groups -OCH3 is 1. The minimum Gasteiger partial charge on any atom is -0.497 e. The molecule has 1 amide bonds. The van der Waals surface area contributed by atoms with E-state index in [4.69, 9.17) is 21.3 Å². The molecule has 0 aliphatic heterocycles. The summed E-state index contributed by atoms with van der Waals surface area (Å²) in [6, 6.07) is 24.8. The van der Waals surface area contributed by atoms with E-state index >= 15 is 0 Å². The molecule has 168 valence electrons. The zero-order chi connectivity index (χ0) is 23.7. The second-order valence-corrected chi connectivity index (χ2v) is 8.18. The largest absolute Gasteiger partial charge is 0.497 e. The lowest BCUT2D eigenvalue weighted by molar-refractivity contribution is 0.0950. The van der Waals surface area contributed by atoms with Crippen LogP contribution in [0.25, 0.3) is 33.1 Å². The number of fused-ring (bicyclic) bond motifs is 3. The molecule has 0 spiro atoms. The van der Waals surface area contributed by atoms with E-state index in [1.165, 1.54) is 6.21 Å². The minimum absolute atomic E-state index is 0.269. The molecule has 0 radical (unpaired) electrons. The Labute approximate surface area is 201 Å². The van der Waals surface area contributed by atoms with Crippen molar-refractivity contribution in [2.75, 3.05) is 7.11 Å². The average molecular weight is 469 g/mol. The molecule has 7 heteroatoms. The molecule has 1 N–H and O–H groups in total. The Morgan fingerprint density at radius 3 is 2.53 bits per heavy atom. The van der Waals surface area contributed by atoms with Gasteiger partial charge in [0.05, 0.1) is 24.5 Å². The topological polar surface area (TPSA) is 68.5 Å². The Balaban J connectivity index is 1.61. The second-order valence-electron chi connectivity index (χ2n) is 7.78. The molecule has 34 heavy (non-hydrogen) atoms. The number of benzene rings is 3.